The second-order valence-electron chi connectivity index (χ2n) is 4.68. The highest BCUT2D eigenvalue weighted by Gasteiger charge is 2.03. The van der Waals surface area contributed by atoms with Gasteiger partial charge in [0.15, 0.2) is 10.9 Å². The average Bonchev–Trinajstić information content (AvgIpc) is 2.43. The van der Waals surface area contributed by atoms with Crippen molar-refractivity contribution in [1.29, 1.82) is 0 Å². The van der Waals surface area contributed by atoms with Gasteiger partial charge in [0.1, 0.15) is 5.82 Å². The van der Waals surface area contributed by atoms with E-state index in [0.29, 0.717) is 21.9 Å². The Hall–Kier alpha value is -2.27. The van der Waals surface area contributed by atoms with Crippen LogP contribution in [0.1, 0.15) is 22.8 Å². The highest BCUT2D eigenvalue weighted by Crippen LogP contribution is 2.15. The molecule has 21 heavy (non-hydrogen) atoms. The zero-order chi connectivity index (χ0) is 15.4. The Morgan fingerprint density at radius 1 is 1.05 bits per heavy atom. The zero-order valence-electron chi connectivity index (χ0n) is 11.7. The first-order valence-corrected chi connectivity index (χ1v) is 6.81. The van der Waals surface area contributed by atoms with Gasteiger partial charge in [-0.1, -0.05) is 0 Å². The Morgan fingerprint density at radius 3 is 2.19 bits per heavy atom. The van der Waals surface area contributed by atoms with Gasteiger partial charge >= 0.3 is 0 Å². The number of Topliss-reactive ketones (excluding diaryl/α,β-unsaturated/α-hetero) is 1. The van der Waals surface area contributed by atoms with Crippen molar-refractivity contribution in [3.63, 3.8) is 0 Å². The lowest BCUT2D eigenvalue weighted by Gasteiger charge is -2.11. The summed E-state index contributed by atoms with van der Waals surface area (Å²) in [6.45, 7) is 3.21. The molecule has 0 heterocycles. The standard InChI is InChI=1S/C16H15FN2OS/c1-10-9-14(7-8-15(10)17)19-16(21)18-13-5-3-12(4-6-13)11(2)20/h3-9H,1-2H3,(H2,18,19,21). The number of nitrogens with one attached hydrogen (secondary N) is 2. The fourth-order valence-corrected chi connectivity index (χ4v) is 2.04. The van der Waals surface area contributed by atoms with Crippen LogP contribution in [0.5, 0.6) is 0 Å². The fourth-order valence-electron chi connectivity index (χ4n) is 1.80. The van der Waals surface area contributed by atoms with E-state index in [4.69, 9.17) is 12.2 Å². The van der Waals surface area contributed by atoms with E-state index in [-0.39, 0.29) is 11.6 Å². The van der Waals surface area contributed by atoms with E-state index in [0.717, 1.165) is 5.69 Å². The highest BCUT2D eigenvalue weighted by atomic mass is 32.1. The number of rotatable bonds is 3. The van der Waals surface area contributed by atoms with Crippen molar-refractivity contribution in [1.82, 2.24) is 0 Å². The Morgan fingerprint density at radius 2 is 1.62 bits per heavy atom. The molecule has 5 heteroatoms. The summed E-state index contributed by atoms with van der Waals surface area (Å²) >= 11 is 5.20. The molecule has 0 saturated carbocycles. The highest BCUT2D eigenvalue weighted by molar-refractivity contribution is 7.80. The molecule has 2 aromatic rings. The van der Waals surface area contributed by atoms with Gasteiger partial charge in [-0.2, -0.15) is 0 Å². The molecule has 0 aliphatic rings. The molecule has 2 rings (SSSR count). The number of ketones is 1. The second kappa shape index (κ2) is 6.45. The Kier molecular flexibility index (Phi) is 4.65. The van der Waals surface area contributed by atoms with Gasteiger partial charge in [0, 0.05) is 16.9 Å². The predicted molar refractivity (Wildman–Crippen MR) is 87.4 cm³/mol. The largest absolute Gasteiger partial charge is 0.332 e. The molecule has 0 radical (unpaired) electrons. The van der Waals surface area contributed by atoms with Crippen molar-refractivity contribution in [2.75, 3.05) is 10.6 Å². The molecule has 0 aliphatic carbocycles. The number of carbonyl (C=O) groups is 1. The lowest BCUT2D eigenvalue weighted by molar-refractivity contribution is 0.101. The van der Waals surface area contributed by atoms with Crippen molar-refractivity contribution in [2.24, 2.45) is 0 Å². The van der Waals surface area contributed by atoms with Crippen molar-refractivity contribution in [3.05, 3.63) is 59.4 Å². The molecule has 108 valence electrons. The summed E-state index contributed by atoms with van der Waals surface area (Å²) in [6, 6.07) is 11.7. The van der Waals surface area contributed by atoms with Gasteiger partial charge in [-0.15, -0.1) is 0 Å². The number of benzene rings is 2. The summed E-state index contributed by atoms with van der Waals surface area (Å²) in [6.07, 6.45) is 0. The zero-order valence-corrected chi connectivity index (χ0v) is 12.6. The minimum atomic E-state index is -0.251. The quantitative estimate of drug-likeness (QED) is 0.660. The van der Waals surface area contributed by atoms with E-state index in [1.54, 1.807) is 43.3 Å². The molecule has 3 nitrogen and oxygen atoms in total. The smallest absolute Gasteiger partial charge is 0.175 e. The van der Waals surface area contributed by atoms with E-state index >= 15 is 0 Å². The molecule has 0 amide bonds. The number of hydrogen-bond acceptors (Lipinski definition) is 2. The van der Waals surface area contributed by atoms with Crippen LogP contribution in [0.2, 0.25) is 0 Å². The SMILES string of the molecule is CC(=O)c1ccc(NC(=S)Nc2ccc(F)c(C)c2)cc1. The molecule has 0 fully saturated rings. The Balaban J connectivity index is 2.01. The van der Waals surface area contributed by atoms with Gasteiger partial charge in [0.2, 0.25) is 0 Å². The number of thiocarbonyl (C=S) groups is 1. The van der Waals surface area contributed by atoms with Crippen LogP contribution in [0.15, 0.2) is 42.5 Å². The molecule has 0 saturated heterocycles. The van der Waals surface area contributed by atoms with E-state index in [1.807, 2.05) is 0 Å². The van der Waals surface area contributed by atoms with Gasteiger partial charge in [-0.25, -0.2) is 4.39 Å². The third kappa shape index (κ3) is 4.10. The van der Waals surface area contributed by atoms with Crippen LogP contribution in [0.4, 0.5) is 15.8 Å². The van der Waals surface area contributed by atoms with Gasteiger partial charge < -0.3 is 10.6 Å². The van der Waals surface area contributed by atoms with Gasteiger partial charge in [0.25, 0.3) is 0 Å². The molecule has 0 aromatic heterocycles. The van der Waals surface area contributed by atoms with Crippen LogP contribution in [-0.4, -0.2) is 10.9 Å². The third-order valence-electron chi connectivity index (χ3n) is 2.97. The topological polar surface area (TPSA) is 41.1 Å². The normalized spacial score (nSPS) is 10.0. The molecular formula is C16H15FN2OS. The number of aryl methyl sites for hydroxylation is 1. The summed E-state index contributed by atoms with van der Waals surface area (Å²) in [5.41, 5.74) is 2.69. The Labute approximate surface area is 128 Å². The summed E-state index contributed by atoms with van der Waals surface area (Å²) in [5.74, 6) is -0.233. The van der Waals surface area contributed by atoms with Crippen LogP contribution in [0.25, 0.3) is 0 Å². The van der Waals surface area contributed by atoms with Gasteiger partial charge in [0.05, 0.1) is 0 Å². The average molecular weight is 302 g/mol. The minimum absolute atomic E-state index is 0.0176. The summed E-state index contributed by atoms with van der Waals surface area (Å²) in [4.78, 5) is 11.2. The first-order valence-electron chi connectivity index (χ1n) is 6.41. The number of anilines is 2. The molecule has 0 bridgehead atoms. The minimum Gasteiger partial charge on any atom is -0.332 e. The first-order chi connectivity index (χ1) is 9.95. The van der Waals surface area contributed by atoms with Crippen LogP contribution in [-0.2, 0) is 0 Å². The van der Waals surface area contributed by atoms with Gasteiger partial charge in [-0.05, 0) is 74.1 Å². The van der Waals surface area contributed by atoms with Crippen molar-refractivity contribution in [3.8, 4) is 0 Å². The van der Waals surface area contributed by atoms with Crippen molar-refractivity contribution >= 4 is 34.5 Å². The maximum Gasteiger partial charge on any atom is 0.175 e. The fraction of sp³-hybridized carbons (Fsp3) is 0.125. The molecule has 2 N–H and O–H groups in total. The molecule has 2 aromatic carbocycles. The summed E-state index contributed by atoms with van der Waals surface area (Å²) < 4.78 is 13.2. The third-order valence-corrected chi connectivity index (χ3v) is 3.17. The monoisotopic (exact) mass is 302 g/mol. The van der Waals surface area contributed by atoms with Crippen molar-refractivity contribution in [2.45, 2.75) is 13.8 Å². The number of carbonyl (C=O) groups excluding carboxylic acids is 1. The molecule has 0 aliphatic heterocycles. The molecular weight excluding hydrogens is 287 g/mol. The predicted octanol–water partition coefficient (Wildman–Crippen LogP) is 4.15. The summed E-state index contributed by atoms with van der Waals surface area (Å²) in [7, 11) is 0. The van der Waals surface area contributed by atoms with E-state index < -0.39 is 0 Å². The first kappa shape index (κ1) is 15.1. The van der Waals surface area contributed by atoms with E-state index in [2.05, 4.69) is 10.6 Å². The van der Waals surface area contributed by atoms with Crippen molar-refractivity contribution < 1.29 is 9.18 Å². The van der Waals surface area contributed by atoms with Crippen LogP contribution < -0.4 is 10.6 Å². The maximum atomic E-state index is 13.2. The Bertz CT molecular complexity index is 683. The second-order valence-corrected chi connectivity index (χ2v) is 5.08. The molecule has 0 atom stereocenters. The number of hydrogen-bond donors (Lipinski definition) is 2. The van der Waals surface area contributed by atoms with Gasteiger partial charge in [-0.3, -0.25) is 4.79 Å². The maximum absolute atomic E-state index is 13.2. The van der Waals surface area contributed by atoms with E-state index in [1.165, 1.54) is 13.0 Å². The van der Waals surface area contributed by atoms with Crippen LogP contribution in [0.3, 0.4) is 0 Å². The van der Waals surface area contributed by atoms with Crippen LogP contribution >= 0.6 is 12.2 Å². The lowest BCUT2D eigenvalue weighted by atomic mass is 10.1. The van der Waals surface area contributed by atoms with Crippen LogP contribution in [0, 0.1) is 12.7 Å². The lowest BCUT2D eigenvalue weighted by Crippen LogP contribution is -2.19. The summed E-state index contributed by atoms with van der Waals surface area (Å²) in [5, 5.41) is 6.39. The number of halogens is 1. The molecule has 0 spiro atoms. The molecule has 0 unspecified atom stereocenters. The van der Waals surface area contributed by atoms with E-state index in [9.17, 15) is 9.18 Å².